The van der Waals surface area contributed by atoms with Crippen molar-refractivity contribution in [2.75, 3.05) is 33.5 Å². The van der Waals surface area contributed by atoms with Gasteiger partial charge in [0.2, 0.25) is 0 Å². The van der Waals surface area contributed by atoms with Gasteiger partial charge in [0.1, 0.15) is 6.23 Å². The van der Waals surface area contributed by atoms with Crippen LogP contribution in [0.5, 0.6) is 0 Å². The van der Waals surface area contributed by atoms with Gasteiger partial charge in [-0.15, -0.1) is 0 Å². The molecule has 1 rings (SSSR count). The molecule has 0 bridgehead atoms. The molecule has 0 aliphatic carbocycles. The minimum Gasteiger partial charge on any atom is -0.469 e. The molecule has 1 atom stereocenters. The topological polar surface area (TPSA) is 68.8 Å². The highest BCUT2D eigenvalue weighted by molar-refractivity contribution is 5.75. The molecule has 6 heteroatoms. The molecule has 1 unspecified atom stereocenters. The van der Waals surface area contributed by atoms with Gasteiger partial charge in [0.25, 0.3) is 0 Å². The van der Waals surface area contributed by atoms with Crippen molar-refractivity contribution in [3.63, 3.8) is 0 Å². The number of carbonyl (C=O) groups is 1. The summed E-state index contributed by atoms with van der Waals surface area (Å²) in [5.74, 6) is -0.281. The molecule has 6 nitrogen and oxygen atoms in total. The summed E-state index contributed by atoms with van der Waals surface area (Å²) in [6.07, 6.45) is 5.45. The van der Waals surface area contributed by atoms with Crippen molar-refractivity contribution >= 4 is 5.97 Å². The van der Waals surface area contributed by atoms with E-state index >= 15 is 0 Å². The van der Waals surface area contributed by atoms with Gasteiger partial charge in [0.05, 0.1) is 25.7 Å². The molecule has 0 amide bonds. The van der Waals surface area contributed by atoms with Gasteiger partial charge >= 0.3 is 5.97 Å². The summed E-state index contributed by atoms with van der Waals surface area (Å²) in [5.41, 5.74) is 0.311. The molecule has 0 aromatic heterocycles. The Morgan fingerprint density at radius 2 is 2.24 bits per heavy atom. The first-order chi connectivity index (χ1) is 9.99. The summed E-state index contributed by atoms with van der Waals surface area (Å²) in [7, 11) is 1.38. The molecule has 0 spiro atoms. The number of rotatable bonds is 9. The lowest BCUT2D eigenvalue weighted by Crippen LogP contribution is -2.37. The van der Waals surface area contributed by atoms with E-state index in [1.54, 1.807) is 13.8 Å². The Morgan fingerprint density at radius 1 is 1.48 bits per heavy atom. The van der Waals surface area contributed by atoms with Gasteiger partial charge in [-0.25, -0.2) is 0 Å². The molecule has 1 aliphatic rings. The van der Waals surface area contributed by atoms with Crippen molar-refractivity contribution in [2.45, 2.75) is 27.0 Å². The van der Waals surface area contributed by atoms with E-state index in [1.165, 1.54) is 7.11 Å². The van der Waals surface area contributed by atoms with Crippen molar-refractivity contribution < 1.29 is 19.0 Å². The van der Waals surface area contributed by atoms with Crippen LogP contribution in [0.3, 0.4) is 0 Å². The first kappa shape index (κ1) is 17.5. The molecule has 120 valence electrons. The van der Waals surface area contributed by atoms with E-state index in [1.807, 2.05) is 25.3 Å². The molecule has 0 aromatic carbocycles. The second-order valence-electron chi connectivity index (χ2n) is 5.36. The van der Waals surface area contributed by atoms with E-state index in [-0.39, 0.29) is 18.8 Å². The van der Waals surface area contributed by atoms with Crippen LogP contribution in [-0.4, -0.2) is 45.7 Å². The molecule has 1 heterocycles. The van der Waals surface area contributed by atoms with Gasteiger partial charge in [-0.05, 0) is 32.9 Å². The normalized spacial score (nSPS) is 17.9. The minimum absolute atomic E-state index is 0.244. The van der Waals surface area contributed by atoms with Crippen LogP contribution in [0.15, 0.2) is 24.0 Å². The summed E-state index contributed by atoms with van der Waals surface area (Å²) in [6.45, 7) is 7.99. The van der Waals surface area contributed by atoms with Gasteiger partial charge in [0, 0.05) is 25.0 Å². The van der Waals surface area contributed by atoms with E-state index in [0.29, 0.717) is 6.61 Å². The van der Waals surface area contributed by atoms with E-state index in [2.05, 4.69) is 10.6 Å². The van der Waals surface area contributed by atoms with E-state index in [9.17, 15) is 4.79 Å². The van der Waals surface area contributed by atoms with Crippen LogP contribution in [-0.2, 0) is 19.0 Å². The highest BCUT2D eigenvalue weighted by Crippen LogP contribution is 2.18. The second-order valence-corrected chi connectivity index (χ2v) is 5.36. The monoisotopic (exact) mass is 298 g/mol. The van der Waals surface area contributed by atoms with Crippen LogP contribution in [0.4, 0.5) is 0 Å². The van der Waals surface area contributed by atoms with Crippen molar-refractivity contribution in [1.82, 2.24) is 10.6 Å². The number of carbonyl (C=O) groups excluding carboxylic acids is 1. The number of hydrogen-bond donors (Lipinski definition) is 2. The minimum atomic E-state index is -0.663. The lowest BCUT2D eigenvalue weighted by atomic mass is 9.95. The van der Waals surface area contributed by atoms with Crippen molar-refractivity contribution in [3.8, 4) is 0 Å². The van der Waals surface area contributed by atoms with Crippen LogP contribution in [0, 0.1) is 5.41 Å². The molecule has 2 N–H and O–H groups in total. The Bertz CT molecular complexity index is 391. The molecule has 0 saturated heterocycles. The fraction of sp³-hybridized carbons (Fsp3) is 0.667. The van der Waals surface area contributed by atoms with E-state index < -0.39 is 5.41 Å². The number of dihydropyridines is 1. The van der Waals surface area contributed by atoms with Gasteiger partial charge in [-0.1, -0.05) is 0 Å². The number of methoxy groups -OCH3 is 1. The standard InChI is InChI=1S/C15H26N2O4/c1-5-20-9-8-16-12-6-7-13(17-10-12)21-11-15(2,3)14(18)19-4/h6-7,10,13,16-17H,5,8-9,11H2,1-4H3. The van der Waals surface area contributed by atoms with Gasteiger partial charge in [0.15, 0.2) is 0 Å². The third-order valence-corrected chi connectivity index (χ3v) is 3.00. The maximum absolute atomic E-state index is 11.6. The van der Waals surface area contributed by atoms with Crippen molar-refractivity contribution in [1.29, 1.82) is 0 Å². The summed E-state index contributed by atoms with van der Waals surface area (Å²) in [5, 5.41) is 6.35. The fourth-order valence-corrected chi connectivity index (χ4v) is 1.73. The number of nitrogens with one attached hydrogen (secondary N) is 2. The predicted molar refractivity (Wildman–Crippen MR) is 80.4 cm³/mol. The number of allylic oxidation sites excluding steroid dienone is 1. The van der Waals surface area contributed by atoms with Gasteiger partial charge in [-0.2, -0.15) is 0 Å². The average Bonchev–Trinajstić information content (AvgIpc) is 2.50. The zero-order valence-electron chi connectivity index (χ0n) is 13.3. The first-order valence-electron chi connectivity index (χ1n) is 7.15. The second kappa shape index (κ2) is 8.69. The molecular formula is C15H26N2O4. The summed E-state index contributed by atoms with van der Waals surface area (Å²) in [6, 6.07) is 0. The highest BCUT2D eigenvalue weighted by atomic mass is 16.5. The van der Waals surface area contributed by atoms with Crippen LogP contribution in [0.25, 0.3) is 0 Å². The zero-order valence-corrected chi connectivity index (χ0v) is 13.3. The lowest BCUT2D eigenvalue weighted by Gasteiger charge is -2.25. The Kier molecular flexibility index (Phi) is 7.25. The molecule has 0 fully saturated rings. The maximum Gasteiger partial charge on any atom is 0.313 e. The molecule has 0 radical (unpaired) electrons. The summed E-state index contributed by atoms with van der Waals surface area (Å²) < 4.78 is 15.7. The van der Waals surface area contributed by atoms with Crippen molar-refractivity contribution in [3.05, 3.63) is 24.0 Å². The Morgan fingerprint density at radius 3 is 2.81 bits per heavy atom. The van der Waals surface area contributed by atoms with E-state index in [4.69, 9.17) is 14.2 Å². The third kappa shape index (κ3) is 6.18. The smallest absolute Gasteiger partial charge is 0.313 e. The third-order valence-electron chi connectivity index (χ3n) is 3.00. The molecular weight excluding hydrogens is 272 g/mol. The maximum atomic E-state index is 11.6. The number of esters is 1. The van der Waals surface area contributed by atoms with Crippen molar-refractivity contribution in [2.24, 2.45) is 5.41 Å². The SMILES string of the molecule is CCOCCNC1=CNC(OCC(C)(C)C(=O)OC)C=C1. The summed E-state index contributed by atoms with van der Waals surface area (Å²) in [4.78, 5) is 11.6. The molecule has 0 saturated carbocycles. The predicted octanol–water partition coefficient (Wildman–Crippen LogP) is 1.16. The van der Waals surface area contributed by atoms with Crippen LogP contribution in [0.2, 0.25) is 0 Å². The Hall–Kier alpha value is -1.53. The van der Waals surface area contributed by atoms with E-state index in [0.717, 1.165) is 18.8 Å². The molecule has 0 aromatic rings. The van der Waals surface area contributed by atoms with Crippen LogP contribution < -0.4 is 10.6 Å². The van der Waals surface area contributed by atoms with Crippen LogP contribution in [0.1, 0.15) is 20.8 Å². The van der Waals surface area contributed by atoms with Gasteiger partial charge < -0.3 is 24.8 Å². The fourth-order valence-electron chi connectivity index (χ4n) is 1.73. The number of hydrogen-bond acceptors (Lipinski definition) is 6. The largest absolute Gasteiger partial charge is 0.469 e. The first-order valence-corrected chi connectivity index (χ1v) is 7.15. The molecule has 21 heavy (non-hydrogen) atoms. The number of ether oxygens (including phenoxy) is 3. The quantitative estimate of drug-likeness (QED) is 0.492. The zero-order chi connectivity index (χ0) is 15.7. The highest BCUT2D eigenvalue weighted by Gasteiger charge is 2.30. The Labute approximate surface area is 126 Å². The van der Waals surface area contributed by atoms with Crippen LogP contribution >= 0.6 is 0 Å². The van der Waals surface area contributed by atoms with Gasteiger partial charge in [-0.3, -0.25) is 4.79 Å². The average molecular weight is 298 g/mol. The summed E-state index contributed by atoms with van der Waals surface area (Å²) >= 11 is 0. The molecule has 1 aliphatic heterocycles. The lowest BCUT2D eigenvalue weighted by molar-refractivity contribution is -0.155. The Balaban J connectivity index is 2.28.